The van der Waals surface area contributed by atoms with Crippen LogP contribution in [0, 0.1) is 3.57 Å². The first-order valence-corrected chi connectivity index (χ1v) is 9.53. The molecule has 0 aromatic heterocycles. The van der Waals surface area contributed by atoms with Crippen LogP contribution in [0.5, 0.6) is 11.5 Å². The summed E-state index contributed by atoms with van der Waals surface area (Å²) in [5.41, 5.74) is 2.35. The number of carbonyl (C=O) groups is 2. The molecule has 7 heteroatoms. The number of amides is 2. The Morgan fingerprint density at radius 3 is 2.59 bits per heavy atom. The quantitative estimate of drug-likeness (QED) is 0.572. The number of halogens is 1. The van der Waals surface area contributed by atoms with Gasteiger partial charge in [-0.15, -0.1) is 0 Å². The first kappa shape index (κ1) is 19.2. The molecule has 27 heavy (non-hydrogen) atoms. The van der Waals surface area contributed by atoms with Crippen molar-refractivity contribution >= 4 is 40.1 Å². The summed E-state index contributed by atoms with van der Waals surface area (Å²) in [6, 6.07) is 11.6. The molecular weight excluding hydrogens is 459 g/mol. The third-order valence-electron chi connectivity index (χ3n) is 4.20. The molecular formula is C20H19IN2O4. The molecule has 2 aromatic carbocycles. The number of hydrogen-bond donors (Lipinski definition) is 3. The zero-order valence-electron chi connectivity index (χ0n) is 14.9. The normalized spacial score (nSPS) is 16.6. The Morgan fingerprint density at radius 2 is 1.96 bits per heavy atom. The van der Waals surface area contributed by atoms with Gasteiger partial charge >= 0.3 is 6.03 Å². The molecule has 0 spiro atoms. The summed E-state index contributed by atoms with van der Waals surface area (Å²) in [6.07, 6.45) is 0. The van der Waals surface area contributed by atoms with Crippen molar-refractivity contribution in [2.45, 2.75) is 19.9 Å². The zero-order chi connectivity index (χ0) is 19.6. The Labute approximate surface area is 170 Å². The van der Waals surface area contributed by atoms with Gasteiger partial charge < -0.3 is 20.5 Å². The van der Waals surface area contributed by atoms with E-state index in [1.165, 1.54) is 6.92 Å². The summed E-state index contributed by atoms with van der Waals surface area (Å²) in [6.45, 7) is 3.68. The van der Waals surface area contributed by atoms with Crippen LogP contribution in [0.15, 0.2) is 48.0 Å². The highest BCUT2D eigenvalue weighted by Gasteiger charge is 2.32. The summed E-state index contributed by atoms with van der Waals surface area (Å²) in [4.78, 5) is 24.8. The molecule has 3 N–H and O–H groups in total. The monoisotopic (exact) mass is 478 g/mol. The van der Waals surface area contributed by atoms with Crippen LogP contribution in [0.4, 0.5) is 4.79 Å². The number of hydrogen-bond acceptors (Lipinski definition) is 4. The summed E-state index contributed by atoms with van der Waals surface area (Å²) in [7, 11) is 0. The molecule has 0 saturated heterocycles. The predicted molar refractivity (Wildman–Crippen MR) is 110 cm³/mol. The van der Waals surface area contributed by atoms with Crippen molar-refractivity contribution < 1.29 is 19.4 Å². The fourth-order valence-electron chi connectivity index (χ4n) is 3.05. The van der Waals surface area contributed by atoms with Crippen molar-refractivity contribution in [3.8, 4) is 11.5 Å². The lowest BCUT2D eigenvalue weighted by Crippen LogP contribution is -2.44. The molecule has 6 nitrogen and oxygen atoms in total. The van der Waals surface area contributed by atoms with Crippen LogP contribution in [0.3, 0.4) is 0 Å². The summed E-state index contributed by atoms with van der Waals surface area (Å²) >= 11 is 2.00. The number of nitrogens with one attached hydrogen (secondary N) is 2. The Hall–Kier alpha value is -2.55. The summed E-state index contributed by atoms with van der Waals surface area (Å²) in [5.74, 6) is 0.196. The number of rotatable bonds is 5. The van der Waals surface area contributed by atoms with Crippen LogP contribution in [0.1, 0.15) is 31.0 Å². The van der Waals surface area contributed by atoms with E-state index >= 15 is 0 Å². The van der Waals surface area contributed by atoms with Gasteiger partial charge in [0, 0.05) is 5.57 Å². The standard InChI is InChI=1S/C20H19IN2O4/c1-3-27-15-10-13(9-14(21)19(15)25)18-16(11(2)24)17(22-20(26)23-18)12-7-5-4-6-8-12/h4-10,18,25H,3H2,1-2H3,(H2,22,23,26)/t18-/m1/s1. The minimum Gasteiger partial charge on any atom is -0.504 e. The van der Waals surface area contributed by atoms with Crippen molar-refractivity contribution in [1.82, 2.24) is 10.6 Å². The minimum absolute atomic E-state index is 0.0399. The molecule has 140 valence electrons. The number of phenolic OH excluding ortho intramolecular Hbond substituents is 1. The highest BCUT2D eigenvalue weighted by Crippen LogP contribution is 2.38. The third kappa shape index (κ3) is 3.92. The average Bonchev–Trinajstić information content (AvgIpc) is 2.65. The molecule has 1 aliphatic heterocycles. The lowest BCUT2D eigenvalue weighted by Gasteiger charge is -2.30. The largest absolute Gasteiger partial charge is 0.504 e. The molecule has 0 radical (unpaired) electrons. The summed E-state index contributed by atoms with van der Waals surface area (Å²) < 4.78 is 6.07. The number of urea groups is 1. The Bertz CT molecular complexity index is 925. The molecule has 2 aromatic rings. The van der Waals surface area contributed by atoms with Crippen LogP contribution < -0.4 is 15.4 Å². The molecule has 1 atom stereocenters. The topological polar surface area (TPSA) is 87.7 Å². The predicted octanol–water partition coefficient (Wildman–Crippen LogP) is 3.75. The fourth-order valence-corrected chi connectivity index (χ4v) is 3.68. The zero-order valence-corrected chi connectivity index (χ0v) is 17.0. The van der Waals surface area contributed by atoms with Crippen molar-refractivity contribution in [2.75, 3.05) is 6.61 Å². The van der Waals surface area contributed by atoms with Crippen LogP contribution in [0.2, 0.25) is 0 Å². The number of ether oxygens (including phenoxy) is 1. The molecule has 0 unspecified atom stereocenters. The van der Waals surface area contributed by atoms with Gasteiger partial charge in [0.1, 0.15) is 0 Å². The van der Waals surface area contributed by atoms with Gasteiger partial charge in [0.2, 0.25) is 0 Å². The van der Waals surface area contributed by atoms with Gasteiger partial charge in [0.05, 0.1) is 21.9 Å². The molecule has 3 rings (SSSR count). The molecule has 0 aliphatic carbocycles. The first-order valence-electron chi connectivity index (χ1n) is 8.45. The summed E-state index contributed by atoms with van der Waals surface area (Å²) in [5, 5.41) is 15.8. The van der Waals surface area contributed by atoms with E-state index in [-0.39, 0.29) is 11.5 Å². The second-order valence-electron chi connectivity index (χ2n) is 6.02. The Balaban J connectivity index is 2.19. The van der Waals surface area contributed by atoms with Gasteiger partial charge in [0.15, 0.2) is 17.3 Å². The van der Waals surface area contributed by atoms with Crippen LogP contribution >= 0.6 is 22.6 Å². The lowest BCUT2D eigenvalue weighted by molar-refractivity contribution is -0.113. The molecule has 0 bridgehead atoms. The van der Waals surface area contributed by atoms with Crippen LogP contribution in [0.25, 0.3) is 5.70 Å². The minimum atomic E-state index is -0.653. The highest BCUT2D eigenvalue weighted by molar-refractivity contribution is 14.1. The fraction of sp³-hybridized carbons (Fsp3) is 0.200. The van der Waals surface area contributed by atoms with Crippen LogP contribution in [-0.2, 0) is 4.79 Å². The molecule has 1 aliphatic rings. The van der Waals surface area contributed by atoms with Gasteiger partial charge in [-0.25, -0.2) is 4.79 Å². The number of ketones is 1. The maximum atomic E-state index is 12.5. The lowest BCUT2D eigenvalue weighted by atomic mass is 9.90. The van der Waals surface area contributed by atoms with E-state index in [0.717, 1.165) is 5.56 Å². The maximum absolute atomic E-state index is 12.5. The van der Waals surface area contributed by atoms with Gasteiger partial charge in [0.25, 0.3) is 0 Å². The van der Waals surface area contributed by atoms with Gasteiger partial charge in [-0.1, -0.05) is 30.3 Å². The van der Waals surface area contributed by atoms with Crippen molar-refractivity contribution in [1.29, 1.82) is 0 Å². The SMILES string of the molecule is CCOc1cc([C@H]2NC(=O)NC(c3ccccc3)=C2C(C)=O)cc(I)c1O. The third-order valence-corrected chi connectivity index (χ3v) is 5.02. The van der Waals surface area contributed by atoms with E-state index < -0.39 is 12.1 Å². The van der Waals surface area contributed by atoms with E-state index in [4.69, 9.17) is 4.74 Å². The molecule has 1 heterocycles. The Morgan fingerprint density at radius 1 is 1.26 bits per heavy atom. The van der Waals surface area contributed by atoms with E-state index in [1.54, 1.807) is 12.1 Å². The smallest absolute Gasteiger partial charge is 0.320 e. The average molecular weight is 478 g/mol. The first-order chi connectivity index (χ1) is 12.9. The maximum Gasteiger partial charge on any atom is 0.320 e. The van der Waals surface area contributed by atoms with E-state index in [9.17, 15) is 14.7 Å². The number of aromatic hydroxyl groups is 1. The van der Waals surface area contributed by atoms with Gasteiger partial charge in [-0.05, 0) is 59.7 Å². The molecule has 0 fully saturated rings. The van der Waals surface area contributed by atoms with Crippen molar-refractivity contribution in [3.05, 3.63) is 62.7 Å². The second kappa shape index (κ2) is 7.99. The number of carbonyl (C=O) groups excluding carboxylic acids is 2. The molecule has 0 saturated carbocycles. The number of Topliss-reactive ketones (excluding diaryl/α,β-unsaturated/α-hetero) is 1. The number of benzene rings is 2. The van der Waals surface area contributed by atoms with Crippen LogP contribution in [-0.4, -0.2) is 23.5 Å². The van der Waals surface area contributed by atoms with Gasteiger partial charge in [-0.3, -0.25) is 4.79 Å². The van der Waals surface area contributed by atoms with Gasteiger partial charge in [-0.2, -0.15) is 0 Å². The second-order valence-corrected chi connectivity index (χ2v) is 7.19. The van der Waals surface area contributed by atoms with E-state index in [0.29, 0.717) is 32.8 Å². The number of phenols is 1. The van der Waals surface area contributed by atoms with Crippen molar-refractivity contribution in [2.24, 2.45) is 0 Å². The van der Waals surface area contributed by atoms with E-state index in [1.807, 2.05) is 59.8 Å². The Kier molecular flexibility index (Phi) is 5.69. The highest BCUT2D eigenvalue weighted by atomic mass is 127. The molecule has 2 amide bonds. The van der Waals surface area contributed by atoms with Crippen molar-refractivity contribution in [3.63, 3.8) is 0 Å². The van der Waals surface area contributed by atoms with E-state index in [2.05, 4.69) is 10.6 Å².